The van der Waals surface area contributed by atoms with Gasteiger partial charge >= 0.3 is 11.9 Å². The summed E-state index contributed by atoms with van der Waals surface area (Å²) in [5.74, 6) is -0.188. The lowest BCUT2D eigenvalue weighted by molar-refractivity contribution is 0.0598. The third kappa shape index (κ3) is 8.39. The lowest BCUT2D eigenvalue weighted by atomic mass is 9.95. The Labute approximate surface area is 344 Å². The van der Waals surface area contributed by atoms with E-state index in [1.54, 1.807) is 0 Å². The third-order valence-electron chi connectivity index (χ3n) is 11.6. The molecular weight excluding hydrogens is 729 g/mol. The number of nitrogens with zero attached hydrogens (tertiary/aromatic N) is 2. The van der Waals surface area contributed by atoms with Crippen molar-refractivity contribution in [2.45, 2.75) is 50.4 Å². The Balaban J connectivity index is 0.000000152. The molecule has 2 fully saturated rings. The number of carboxylic acids is 1. The van der Waals surface area contributed by atoms with Crippen molar-refractivity contribution in [1.29, 1.82) is 0 Å². The average Bonchev–Trinajstić information content (AvgIpc) is 4.23. The number of benzene rings is 6. The molecule has 0 amide bonds. The fourth-order valence-electron chi connectivity index (χ4n) is 8.02. The van der Waals surface area contributed by atoms with Crippen LogP contribution < -0.4 is 0 Å². The standard InChI is InChI=1S/C27H23NO2.C26H21NO2/c1-30-27(29)25-15-23(19-10-11-19)17-28-26(25)16-22-9-5-8-20-12-13-21(14-24(20)22)18-6-3-2-4-7-18;28-26(29)24-14-22(18-9-10-18)16-27-25(24)15-21-8-4-7-19-11-12-20(13-23(19)21)17-5-2-1-3-6-17/h2-9,12-15,17,19H,10-11,16H2,1H3;1-8,11-14,16,18H,9-10,15H2,(H,28,29). The second-order valence-corrected chi connectivity index (χ2v) is 15.7. The monoisotopic (exact) mass is 772 g/mol. The van der Waals surface area contributed by atoms with E-state index in [1.807, 2.05) is 54.9 Å². The van der Waals surface area contributed by atoms with Crippen LogP contribution in [-0.4, -0.2) is 34.1 Å². The lowest BCUT2D eigenvalue weighted by Gasteiger charge is -2.12. The highest BCUT2D eigenvalue weighted by Gasteiger charge is 2.27. The summed E-state index contributed by atoms with van der Waals surface area (Å²) in [6, 6.07) is 50.0. The minimum Gasteiger partial charge on any atom is -0.478 e. The van der Waals surface area contributed by atoms with Crippen LogP contribution in [0.5, 0.6) is 0 Å². The minimum atomic E-state index is -0.903. The molecule has 8 aromatic rings. The average molecular weight is 773 g/mol. The molecular formula is C53H44N2O4. The van der Waals surface area contributed by atoms with Crippen molar-refractivity contribution < 1.29 is 19.4 Å². The van der Waals surface area contributed by atoms with Crippen LogP contribution in [0.4, 0.5) is 0 Å². The van der Waals surface area contributed by atoms with E-state index in [4.69, 9.17) is 9.72 Å². The molecule has 10 rings (SSSR count). The van der Waals surface area contributed by atoms with Crippen LogP contribution >= 0.6 is 0 Å². The molecule has 0 unspecified atom stereocenters. The minimum absolute atomic E-state index is 0.315. The molecule has 6 nitrogen and oxygen atoms in total. The van der Waals surface area contributed by atoms with E-state index in [-0.39, 0.29) is 5.97 Å². The van der Waals surface area contributed by atoms with Crippen molar-refractivity contribution in [3.05, 3.63) is 203 Å². The fraction of sp³-hybridized carbons (Fsp3) is 0.170. The third-order valence-corrected chi connectivity index (χ3v) is 11.6. The fourth-order valence-corrected chi connectivity index (χ4v) is 8.02. The smallest absolute Gasteiger partial charge is 0.339 e. The van der Waals surface area contributed by atoms with Gasteiger partial charge in [-0.15, -0.1) is 0 Å². The molecule has 6 aromatic carbocycles. The van der Waals surface area contributed by atoms with E-state index < -0.39 is 5.97 Å². The van der Waals surface area contributed by atoms with Gasteiger partial charge in [-0.05, 0) is 128 Å². The van der Waals surface area contributed by atoms with Crippen molar-refractivity contribution in [3.63, 3.8) is 0 Å². The molecule has 0 radical (unpaired) electrons. The van der Waals surface area contributed by atoms with Crippen molar-refractivity contribution in [2.24, 2.45) is 0 Å². The first-order valence-electron chi connectivity index (χ1n) is 20.3. The Morgan fingerprint density at radius 1 is 0.542 bits per heavy atom. The van der Waals surface area contributed by atoms with Crippen LogP contribution in [-0.2, 0) is 17.6 Å². The number of aromatic carboxylic acids is 1. The molecule has 290 valence electrons. The quantitative estimate of drug-likeness (QED) is 0.139. The second kappa shape index (κ2) is 16.5. The van der Waals surface area contributed by atoms with Crippen LogP contribution in [0.3, 0.4) is 0 Å². The van der Waals surface area contributed by atoms with Gasteiger partial charge in [0.2, 0.25) is 0 Å². The highest BCUT2D eigenvalue weighted by atomic mass is 16.5. The summed E-state index contributed by atoms with van der Waals surface area (Å²) in [5.41, 5.74) is 11.4. The van der Waals surface area contributed by atoms with Gasteiger partial charge in [0.25, 0.3) is 0 Å². The molecule has 2 saturated carbocycles. The predicted octanol–water partition coefficient (Wildman–Crippen LogP) is 12.2. The van der Waals surface area contributed by atoms with Crippen molar-refractivity contribution in [1.82, 2.24) is 9.97 Å². The highest BCUT2D eigenvalue weighted by Crippen LogP contribution is 2.41. The first-order valence-corrected chi connectivity index (χ1v) is 20.3. The number of pyridine rings is 2. The number of esters is 1. The molecule has 2 aliphatic carbocycles. The first-order chi connectivity index (χ1) is 28.9. The van der Waals surface area contributed by atoms with Gasteiger partial charge in [0.1, 0.15) is 0 Å². The number of carboxylic acid groups (broad SMARTS) is 1. The van der Waals surface area contributed by atoms with Crippen molar-refractivity contribution >= 4 is 33.5 Å². The molecule has 0 saturated heterocycles. The van der Waals surface area contributed by atoms with Crippen molar-refractivity contribution in [3.8, 4) is 22.3 Å². The molecule has 2 heterocycles. The zero-order chi connectivity index (χ0) is 40.3. The summed E-state index contributed by atoms with van der Waals surface area (Å²) in [6.45, 7) is 0. The van der Waals surface area contributed by atoms with E-state index in [9.17, 15) is 14.7 Å². The Morgan fingerprint density at radius 2 is 1.00 bits per heavy atom. The second-order valence-electron chi connectivity index (χ2n) is 15.7. The van der Waals surface area contributed by atoms with Crippen LogP contribution in [0.15, 0.2) is 158 Å². The summed E-state index contributed by atoms with van der Waals surface area (Å²) in [5, 5.41) is 14.4. The van der Waals surface area contributed by atoms with Gasteiger partial charge in [-0.3, -0.25) is 9.97 Å². The van der Waals surface area contributed by atoms with E-state index in [1.165, 1.54) is 47.4 Å². The van der Waals surface area contributed by atoms with Crippen LogP contribution in [0.1, 0.15) is 91.9 Å². The Morgan fingerprint density at radius 3 is 1.44 bits per heavy atom. The molecule has 0 bridgehead atoms. The molecule has 2 aliphatic rings. The number of carbonyl (C=O) groups excluding carboxylic acids is 1. The number of hydrogen-bond acceptors (Lipinski definition) is 5. The lowest BCUT2D eigenvalue weighted by Crippen LogP contribution is -2.09. The molecule has 0 spiro atoms. The molecule has 6 heteroatoms. The van der Waals surface area contributed by atoms with E-state index in [0.29, 0.717) is 41.5 Å². The van der Waals surface area contributed by atoms with Gasteiger partial charge in [0.05, 0.1) is 29.6 Å². The van der Waals surface area contributed by atoms with Crippen molar-refractivity contribution in [2.75, 3.05) is 7.11 Å². The van der Waals surface area contributed by atoms with Gasteiger partial charge in [0, 0.05) is 25.2 Å². The van der Waals surface area contributed by atoms with E-state index in [0.717, 1.165) is 57.1 Å². The largest absolute Gasteiger partial charge is 0.478 e. The molecule has 0 aliphatic heterocycles. The number of fused-ring (bicyclic) bond motifs is 2. The highest BCUT2D eigenvalue weighted by molar-refractivity contribution is 5.94. The summed E-state index contributed by atoms with van der Waals surface area (Å²) >= 11 is 0. The van der Waals surface area contributed by atoms with Gasteiger partial charge in [0.15, 0.2) is 0 Å². The summed E-state index contributed by atoms with van der Waals surface area (Å²) in [4.78, 5) is 33.6. The number of carbonyl (C=O) groups is 2. The Bertz CT molecular complexity index is 2830. The summed E-state index contributed by atoms with van der Waals surface area (Å²) in [7, 11) is 1.43. The number of rotatable bonds is 10. The van der Waals surface area contributed by atoms with Gasteiger partial charge in [-0.1, -0.05) is 121 Å². The zero-order valence-electron chi connectivity index (χ0n) is 33.0. The van der Waals surface area contributed by atoms with Gasteiger partial charge in [-0.2, -0.15) is 0 Å². The van der Waals surface area contributed by atoms with Crippen LogP contribution in [0.2, 0.25) is 0 Å². The molecule has 0 atom stereocenters. The molecule has 1 N–H and O–H groups in total. The number of ether oxygens (including phenoxy) is 1. The van der Waals surface area contributed by atoms with Crippen LogP contribution in [0, 0.1) is 0 Å². The maximum Gasteiger partial charge on any atom is 0.339 e. The topological polar surface area (TPSA) is 89.4 Å². The van der Waals surface area contributed by atoms with Gasteiger partial charge in [-0.25, -0.2) is 9.59 Å². The normalized spacial score (nSPS) is 13.4. The summed E-state index contributed by atoms with van der Waals surface area (Å²) < 4.78 is 5.06. The predicted molar refractivity (Wildman–Crippen MR) is 235 cm³/mol. The molecule has 59 heavy (non-hydrogen) atoms. The maximum atomic E-state index is 12.5. The van der Waals surface area contributed by atoms with Gasteiger partial charge < -0.3 is 9.84 Å². The van der Waals surface area contributed by atoms with Crippen LogP contribution in [0.25, 0.3) is 43.8 Å². The van der Waals surface area contributed by atoms with E-state index in [2.05, 4.69) is 108 Å². The van der Waals surface area contributed by atoms with E-state index >= 15 is 0 Å². The number of hydrogen-bond donors (Lipinski definition) is 1. The Hall–Kier alpha value is -6.92. The summed E-state index contributed by atoms with van der Waals surface area (Å²) in [6.07, 6.45) is 9.49. The maximum absolute atomic E-state index is 12.5. The molecule has 2 aromatic heterocycles. The zero-order valence-corrected chi connectivity index (χ0v) is 33.0. The SMILES string of the molecule is COC(=O)c1cc(C2CC2)cnc1Cc1cccc2ccc(-c3ccccc3)cc12.O=C(O)c1cc(C2CC2)cnc1Cc1cccc2ccc(-c3ccccc3)cc12. The number of aromatic nitrogens is 2. The number of methoxy groups -OCH3 is 1. The first kappa shape index (κ1) is 37.6. The Kier molecular flexibility index (Phi) is 10.5.